The Hall–Kier alpha value is -1.93. The van der Waals surface area contributed by atoms with Crippen LogP contribution in [-0.4, -0.2) is 42.8 Å². The molecule has 110 valence electrons. The highest BCUT2D eigenvalue weighted by Gasteiger charge is 2.31. The Labute approximate surface area is 117 Å². The van der Waals surface area contributed by atoms with Gasteiger partial charge in [0.05, 0.1) is 4.90 Å². The van der Waals surface area contributed by atoms with Gasteiger partial charge in [-0.2, -0.15) is 4.31 Å². The molecule has 0 aliphatic carbocycles. The molecular weight excluding hydrogens is 284 g/mol. The molecule has 0 aliphatic rings. The quantitative estimate of drug-likeness (QED) is 0.781. The molecule has 7 nitrogen and oxygen atoms in total. The summed E-state index contributed by atoms with van der Waals surface area (Å²) in [6.07, 6.45) is 0.143. The van der Waals surface area contributed by atoms with E-state index in [1.807, 2.05) is 0 Å². The number of primary amides is 1. The van der Waals surface area contributed by atoms with Gasteiger partial charge in [0, 0.05) is 12.6 Å². The lowest BCUT2D eigenvalue weighted by Gasteiger charge is -2.23. The second kappa shape index (κ2) is 6.02. The Morgan fingerprint density at radius 3 is 2.15 bits per heavy atom. The molecular formula is C12H16N2O5S. The minimum atomic E-state index is -3.94. The molecule has 0 bridgehead atoms. The predicted molar refractivity (Wildman–Crippen MR) is 71.6 cm³/mol. The van der Waals surface area contributed by atoms with E-state index in [9.17, 15) is 18.0 Å². The second-order valence-corrected chi connectivity index (χ2v) is 6.17. The van der Waals surface area contributed by atoms with E-state index in [1.165, 1.54) is 31.3 Å². The molecule has 1 amide bonds. The third-order valence-electron chi connectivity index (χ3n) is 2.93. The van der Waals surface area contributed by atoms with E-state index >= 15 is 0 Å². The van der Waals surface area contributed by atoms with Crippen molar-refractivity contribution in [3.63, 3.8) is 0 Å². The Balaban J connectivity index is 3.15. The minimum Gasteiger partial charge on any atom is -0.480 e. The third-order valence-corrected chi connectivity index (χ3v) is 4.81. The van der Waals surface area contributed by atoms with Gasteiger partial charge in [0.2, 0.25) is 15.9 Å². The summed E-state index contributed by atoms with van der Waals surface area (Å²) in [5.41, 5.74) is 5.24. The number of benzene rings is 1. The standard InChI is InChI=1S/C12H16N2O5S/c1-3-10(12(16)17)14(2)20(18,19)9-6-4-8(5-7-9)11(13)15/h4-7,10H,3H2,1-2H3,(H2,13,15)(H,16,17). The SMILES string of the molecule is CCC(C(=O)O)N(C)S(=O)(=O)c1ccc(C(N)=O)cc1. The predicted octanol–water partition coefficient (Wildman–Crippen LogP) is 0.269. The van der Waals surface area contributed by atoms with Crippen LogP contribution >= 0.6 is 0 Å². The fraction of sp³-hybridized carbons (Fsp3) is 0.333. The van der Waals surface area contributed by atoms with E-state index < -0.39 is 27.9 Å². The van der Waals surface area contributed by atoms with E-state index in [2.05, 4.69) is 0 Å². The largest absolute Gasteiger partial charge is 0.480 e. The first-order valence-corrected chi connectivity index (χ1v) is 7.26. The first-order chi connectivity index (χ1) is 9.21. The van der Waals surface area contributed by atoms with Crippen LogP contribution in [0.5, 0.6) is 0 Å². The second-order valence-electron chi connectivity index (χ2n) is 4.17. The Bertz CT molecular complexity index is 609. The number of carbonyl (C=O) groups excluding carboxylic acids is 1. The van der Waals surface area contributed by atoms with E-state index in [1.54, 1.807) is 6.92 Å². The average Bonchev–Trinajstić information content (AvgIpc) is 2.39. The van der Waals surface area contributed by atoms with Crippen molar-refractivity contribution in [2.75, 3.05) is 7.05 Å². The molecule has 1 atom stereocenters. The van der Waals surface area contributed by atoms with Crippen molar-refractivity contribution in [3.05, 3.63) is 29.8 Å². The number of carbonyl (C=O) groups is 2. The average molecular weight is 300 g/mol. The molecule has 1 aromatic carbocycles. The zero-order valence-corrected chi connectivity index (χ0v) is 11.9. The smallest absolute Gasteiger partial charge is 0.321 e. The molecule has 0 radical (unpaired) electrons. The number of carboxylic acid groups (broad SMARTS) is 1. The maximum atomic E-state index is 12.3. The topological polar surface area (TPSA) is 118 Å². The molecule has 0 heterocycles. The molecule has 0 aliphatic heterocycles. The number of likely N-dealkylation sites (N-methyl/N-ethyl adjacent to an activating group) is 1. The van der Waals surface area contributed by atoms with Crippen molar-refractivity contribution in [2.45, 2.75) is 24.3 Å². The van der Waals surface area contributed by atoms with Crippen molar-refractivity contribution in [1.29, 1.82) is 0 Å². The molecule has 0 saturated carbocycles. The lowest BCUT2D eigenvalue weighted by Crippen LogP contribution is -2.41. The summed E-state index contributed by atoms with van der Waals surface area (Å²) in [7, 11) is -2.73. The maximum Gasteiger partial charge on any atom is 0.321 e. The van der Waals surface area contributed by atoms with Gasteiger partial charge in [-0.15, -0.1) is 0 Å². The van der Waals surface area contributed by atoms with Gasteiger partial charge in [-0.25, -0.2) is 8.42 Å². The van der Waals surface area contributed by atoms with Crippen molar-refractivity contribution < 1.29 is 23.1 Å². The molecule has 8 heteroatoms. The van der Waals surface area contributed by atoms with Crippen molar-refractivity contribution >= 4 is 21.9 Å². The summed E-state index contributed by atoms with van der Waals surface area (Å²) in [4.78, 5) is 21.9. The van der Waals surface area contributed by atoms with Crippen LogP contribution in [0.2, 0.25) is 0 Å². The molecule has 0 saturated heterocycles. The van der Waals surface area contributed by atoms with E-state index in [4.69, 9.17) is 10.8 Å². The fourth-order valence-electron chi connectivity index (χ4n) is 1.71. The first-order valence-electron chi connectivity index (χ1n) is 5.82. The highest BCUT2D eigenvalue weighted by molar-refractivity contribution is 7.89. The van der Waals surface area contributed by atoms with Crippen LogP contribution in [0.25, 0.3) is 0 Å². The van der Waals surface area contributed by atoms with Gasteiger partial charge in [-0.1, -0.05) is 6.92 Å². The van der Waals surface area contributed by atoms with Crippen LogP contribution in [-0.2, 0) is 14.8 Å². The highest BCUT2D eigenvalue weighted by Crippen LogP contribution is 2.18. The number of sulfonamides is 1. The molecule has 1 rings (SSSR count). The van der Waals surface area contributed by atoms with Crippen molar-refractivity contribution in [3.8, 4) is 0 Å². The van der Waals surface area contributed by atoms with Crippen LogP contribution in [0.4, 0.5) is 0 Å². The molecule has 20 heavy (non-hydrogen) atoms. The molecule has 0 spiro atoms. The number of hydrogen-bond acceptors (Lipinski definition) is 4. The lowest BCUT2D eigenvalue weighted by molar-refractivity contribution is -0.141. The zero-order chi connectivity index (χ0) is 15.5. The van der Waals surface area contributed by atoms with Gasteiger partial charge in [0.25, 0.3) is 0 Å². The van der Waals surface area contributed by atoms with Crippen LogP contribution in [0, 0.1) is 0 Å². The molecule has 1 aromatic rings. The van der Waals surface area contributed by atoms with Crippen molar-refractivity contribution in [2.24, 2.45) is 5.73 Å². The number of nitrogens with zero attached hydrogens (tertiary/aromatic N) is 1. The Morgan fingerprint density at radius 2 is 1.80 bits per heavy atom. The summed E-state index contributed by atoms with van der Waals surface area (Å²) >= 11 is 0. The number of rotatable bonds is 6. The van der Waals surface area contributed by atoms with E-state index in [-0.39, 0.29) is 16.9 Å². The minimum absolute atomic E-state index is 0.0929. The van der Waals surface area contributed by atoms with Crippen molar-refractivity contribution in [1.82, 2.24) is 4.31 Å². The molecule has 1 unspecified atom stereocenters. The summed E-state index contributed by atoms with van der Waals surface area (Å²) in [6, 6.07) is 3.87. The zero-order valence-electron chi connectivity index (χ0n) is 11.1. The number of amides is 1. The van der Waals surface area contributed by atoms with Gasteiger partial charge in [-0.3, -0.25) is 9.59 Å². The summed E-state index contributed by atoms with van der Waals surface area (Å²) in [5.74, 6) is -1.88. The van der Waals surface area contributed by atoms with Gasteiger partial charge in [0.15, 0.2) is 0 Å². The highest BCUT2D eigenvalue weighted by atomic mass is 32.2. The number of aliphatic carboxylic acids is 1. The van der Waals surface area contributed by atoms with E-state index in [0.717, 1.165) is 4.31 Å². The first kappa shape index (κ1) is 16.1. The fourth-order valence-corrected chi connectivity index (χ4v) is 3.10. The summed E-state index contributed by atoms with van der Waals surface area (Å²) < 4.78 is 25.3. The normalized spacial score (nSPS) is 13.2. The number of hydrogen-bond donors (Lipinski definition) is 2. The van der Waals surface area contributed by atoms with Gasteiger partial charge in [-0.05, 0) is 30.7 Å². The Kier molecular flexibility index (Phi) is 4.85. The van der Waals surface area contributed by atoms with Gasteiger partial charge in [0.1, 0.15) is 6.04 Å². The monoisotopic (exact) mass is 300 g/mol. The van der Waals surface area contributed by atoms with Crippen LogP contribution in [0.1, 0.15) is 23.7 Å². The van der Waals surface area contributed by atoms with Crippen LogP contribution in [0.15, 0.2) is 29.2 Å². The van der Waals surface area contributed by atoms with E-state index in [0.29, 0.717) is 0 Å². The number of carboxylic acids is 1. The Morgan fingerprint density at radius 1 is 1.30 bits per heavy atom. The van der Waals surface area contributed by atoms with Gasteiger partial charge >= 0.3 is 5.97 Å². The number of nitrogens with two attached hydrogens (primary N) is 1. The lowest BCUT2D eigenvalue weighted by atomic mass is 10.2. The molecule has 0 fully saturated rings. The van der Waals surface area contributed by atoms with Gasteiger partial charge < -0.3 is 10.8 Å². The summed E-state index contributed by atoms with van der Waals surface area (Å²) in [6.45, 7) is 1.58. The maximum absolute atomic E-state index is 12.3. The summed E-state index contributed by atoms with van der Waals surface area (Å²) in [5, 5.41) is 9.00. The molecule has 3 N–H and O–H groups in total. The van der Waals surface area contributed by atoms with Crippen LogP contribution in [0.3, 0.4) is 0 Å². The molecule has 0 aromatic heterocycles. The third kappa shape index (κ3) is 3.14. The van der Waals surface area contributed by atoms with Crippen LogP contribution < -0.4 is 5.73 Å².